The molecule has 1 aliphatic rings. The molecule has 1 aromatic carbocycles. The van der Waals surface area contributed by atoms with Crippen molar-refractivity contribution in [2.24, 2.45) is 0 Å². The molecule has 0 bridgehead atoms. The average molecular weight is 296 g/mol. The van der Waals surface area contributed by atoms with E-state index in [1.54, 1.807) is 25.3 Å². The molecule has 6 heteroatoms. The van der Waals surface area contributed by atoms with E-state index in [0.717, 1.165) is 6.42 Å². The summed E-state index contributed by atoms with van der Waals surface area (Å²) in [6.07, 6.45) is 0.748. The Morgan fingerprint density at radius 3 is 2.76 bits per heavy atom. The number of ether oxygens (including phenoxy) is 5. The second-order valence-electron chi connectivity index (χ2n) is 4.50. The molecule has 0 saturated heterocycles. The van der Waals surface area contributed by atoms with E-state index in [-0.39, 0.29) is 19.2 Å². The number of Topliss-reactive ketones (excluding diaryl/α,β-unsaturated/α-hetero) is 1. The fourth-order valence-corrected chi connectivity index (χ4v) is 1.83. The molecular formula is C15H20O6. The van der Waals surface area contributed by atoms with E-state index in [1.165, 1.54) is 0 Å². The average Bonchev–Trinajstić information content (AvgIpc) is 2.97. The van der Waals surface area contributed by atoms with Gasteiger partial charge in [-0.1, -0.05) is 0 Å². The van der Waals surface area contributed by atoms with Crippen molar-refractivity contribution in [1.29, 1.82) is 0 Å². The summed E-state index contributed by atoms with van der Waals surface area (Å²) in [5.41, 5.74) is 0.565. The molecular weight excluding hydrogens is 276 g/mol. The predicted octanol–water partition coefficient (Wildman–Crippen LogP) is 1.67. The standard InChI is InChI=1S/C15H20O6/c1-17-7-8-18-5-2-6-19-10-13(16)12-3-4-14-15(9-12)21-11-20-14/h3-4,9H,2,5-8,10-11H2,1H3. The summed E-state index contributed by atoms with van der Waals surface area (Å²) in [4.78, 5) is 11.9. The Labute approximate surface area is 123 Å². The number of benzene rings is 1. The molecule has 1 aromatic rings. The molecule has 1 aliphatic heterocycles. The van der Waals surface area contributed by atoms with Crippen LogP contribution < -0.4 is 9.47 Å². The molecule has 1 heterocycles. The number of hydrogen-bond donors (Lipinski definition) is 0. The van der Waals surface area contributed by atoms with Gasteiger partial charge in [0.2, 0.25) is 6.79 Å². The van der Waals surface area contributed by atoms with Gasteiger partial charge in [0.05, 0.1) is 13.2 Å². The molecule has 0 N–H and O–H groups in total. The molecule has 0 spiro atoms. The summed E-state index contributed by atoms with van der Waals surface area (Å²) >= 11 is 0. The number of hydrogen-bond acceptors (Lipinski definition) is 6. The zero-order valence-corrected chi connectivity index (χ0v) is 12.1. The number of carbonyl (C=O) groups excluding carboxylic acids is 1. The van der Waals surface area contributed by atoms with Crippen LogP contribution in [-0.2, 0) is 14.2 Å². The molecule has 0 unspecified atom stereocenters. The monoisotopic (exact) mass is 296 g/mol. The van der Waals surface area contributed by atoms with Crippen molar-refractivity contribution >= 4 is 5.78 Å². The van der Waals surface area contributed by atoms with E-state index in [2.05, 4.69) is 0 Å². The van der Waals surface area contributed by atoms with Crippen molar-refractivity contribution in [3.8, 4) is 11.5 Å². The first kappa shape index (κ1) is 15.8. The molecule has 2 rings (SSSR count). The molecule has 0 amide bonds. The van der Waals surface area contributed by atoms with E-state index in [4.69, 9.17) is 23.7 Å². The first-order valence-electron chi connectivity index (χ1n) is 6.88. The van der Waals surface area contributed by atoms with Gasteiger partial charge in [0, 0.05) is 25.9 Å². The van der Waals surface area contributed by atoms with Gasteiger partial charge in [-0.2, -0.15) is 0 Å². The predicted molar refractivity (Wildman–Crippen MR) is 75.0 cm³/mol. The van der Waals surface area contributed by atoms with Crippen LogP contribution in [0.5, 0.6) is 11.5 Å². The summed E-state index contributed by atoms with van der Waals surface area (Å²) in [6, 6.07) is 5.13. The van der Waals surface area contributed by atoms with Crippen molar-refractivity contribution in [3.05, 3.63) is 23.8 Å². The quantitative estimate of drug-likeness (QED) is 0.483. The molecule has 0 fully saturated rings. The van der Waals surface area contributed by atoms with Crippen molar-refractivity contribution in [2.75, 3.05) is 46.9 Å². The SMILES string of the molecule is COCCOCCCOCC(=O)c1ccc2c(c1)OCO2. The Kier molecular flexibility index (Phi) is 6.46. The van der Waals surface area contributed by atoms with E-state index >= 15 is 0 Å². The molecule has 0 aliphatic carbocycles. The van der Waals surface area contributed by atoms with Crippen LogP contribution in [0, 0.1) is 0 Å². The van der Waals surface area contributed by atoms with Gasteiger partial charge >= 0.3 is 0 Å². The molecule has 0 saturated carbocycles. The van der Waals surface area contributed by atoms with E-state index in [1.807, 2.05) is 0 Å². The van der Waals surface area contributed by atoms with Gasteiger partial charge in [0.1, 0.15) is 6.61 Å². The lowest BCUT2D eigenvalue weighted by molar-refractivity contribution is 0.0488. The molecule has 0 radical (unpaired) electrons. The smallest absolute Gasteiger partial charge is 0.231 e. The van der Waals surface area contributed by atoms with Crippen LogP contribution in [0.2, 0.25) is 0 Å². The Morgan fingerprint density at radius 2 is 1.90 bits per heavy atom. The highest BCUT2D eigenvalue weighted by Crippen LogP contribution is 2.32. The van der Waals surface area contributed by atoms with Gasteiger partial charge in [-0.05, 0) is 24.6 Å². The topological polar surface area (TPSA) is 63.2 Å². The van der Waals surface area contributed by atoms with Gasteiger partial charge in [-0.15, -0.1) is 0 Å². The van der Waals surface area contributed by atoms with Crippen LogP contribution in [0.15, 0.2) is 18.2 Å². The molecule has 0 atom stereocenters. The first-order chi connectivity index (χ1) is 10.3. The maximum atomic E-state index is 11.9. The number of carbonyl (C=O) groups is 1. The highest BCUT2D eigenvalue weighted by Gasteiger charge is 2.16. The van der Waals surface area contributed by atoms with Crippen molar-refractivity contribution in [3.63, 3.8) is 0 Å². The summed E-state index contributed by atoms with van der Waals surface area (Å²) in [5.74, 6) is 1.20. The largest absolute Gasteiger partial charge is 0.454 e. The molecule has 116 valence electrons. The third-order valence-corrected chi connectivity index (χ3v) is 2.94. The fraction of sp³-hybridized carbons (Fsp3) is 0.533. The van der Waals surface area contributed by atoms with Crippen LogP contribution in [0.25, 0.3) is 0 Å². The second-order valence-corrected chi connectivity index (χ2v) is 4.50. The Hall–Kier alpha value is -1.63. The minimum absolute atomic E-state index is 0.0533. The maximum Gasteiger partial charge on any atom is 0.231 e. The van der Waals surface area contributed by atoms with Crippen LogP contribution in [-0.4, -0.2) is 52.7 Å². The van der Waals surface area contributed by atoms with Crippen LogP contribution >= 0.6 is 0 Å². The summed E-state index contributed by atoms with van der Waals surface area (Å²) in [7, 11) is 1.63. The lowest BCUT2D eigenvalue weighted by Crippen LogP contribution is -2.11. The summed E-state index contributed by atoms with van der Waals surface area (Å²) in [5, 5.41) is 0. The zero-order valence-electron chi connectivity index (χ0n) is 12.1. The van der Waals surface area contributed by atoms with Crippen molar-refractivity contribution < 1.29 is 28.5 Å². The van der Waals surface area contributed by atoms with E-state index in [0.29, 0.717) is 43.5 Å². The van der Waals surface area contributed by atoms with E-state index < -0.39 is 0 Å². The van der Waals surface area contributed by atoms with Gasteiger partial charge in [0.25, 0.3) is 0 Å². The summed E-state index contributed by atoms with van der Waals surface area (Å²) < 4.78 is 25.9. The number of ketones is 1. The highest BCUT2D eigenvalue weighted by molar-refractivity contribution is 5.97. The third-order valence-electron chi connectivity index (χ3n) is 2.94. The molecule has 21 heavy (non-hydrogen) atoms. The number of rotatable bonds is 10. The van der Waals surface area contributed by atoms with Gasteiger partial charge < -0.3 is 23.7 Å². The van der Waals surface area contributed by atoms with Crippen molar-refractivity contribution in [2.45, 2.75) is 6.42 Å². The van der Waals surface area contributed by atoms with Gasteiger partial charge in [-0.25, -0.2) is 0 Å². The summed E-state index contributed by atoms with van der Waals surface area (Å²) in [6.45, 7) is 2.51. The molecule has 0 aromatic heterocycles. The second kappa shape index (κ2) is 8.61. The molecule has 6 nitrogen and oxygen atoms in total. The van der Waals surface area contributed by atoms with Gasteiger partial charge in [-0.3, -0.25) is 4.79 Å². The van der Waals surface area contributed by atoms with Crippen LogP contribution in [0.1, 0.15) is 16.8 Å². The Bertz CT molecular complexity index is 459. The van der Waals surface area contributed by atoms with Crippen molar-refractivity contribution in [1.82, 2.24) is 0 Å². The first-order valence-corrected chi connectivity index (χ1v) is 6.88. The lowest BCUT2D eigenvalue weighted by Gasteiger charge is -2.05. The van der Waals surface area contributed by atoms with E-state index in [9.17, 15) is 4.79 Å². The van der Waals surface area contributed by atoms with Gasteiger partial charge in [0.15, 0.2) is 17.3 Å². The Balaban J connectivity index is 1.61. The maximum absolute atomic E-state index is 11.9. The van der Waals surface area contributed by atoms with Crippen LogP contribution in [0.4, 0.5) is 0 Å². The number of fused-ring (bicyclic) bond motifs is 1. The number of methoxy groups -OCH3 is 1. The van der Waals surface area contributed by atoms with Crippen LogP contribution in [0.3, 0.4) is 0 Å². The Morgan fingerprint density at radius 1 is 1.10 bits per heavy atom. The lowest BCUT2D eigenvalue weighted by atomic mass is 10.1. The minimum Gasteiger partial charge on any atom is -0.454 e. The fourth-order valence-electron chi connectivity index (χ4n) is 1.83. The normalized spacial score (nSPS) is 12.6. The third kappa shape index (κ3) is 5.00. The minimum atomic E-state index is -0.0754. The zero-order chi connectivity index (χ0) is 14.9. The highest BCUT2D eigenvalue weighted by atomic mass is 16.7.